The van der Waals surface area contributed by atoms with Gasteiger partial charge in [0.1, 0.15) is 5.75 Å². The molecular formula is C19H21N3O4. The van der Waals surface area contributed by atoms with Crippen LogP contribution in [0.5, 0.6) is 5.75 Å². The number of hydrogen-bond acceptors (Lipinski definition) is 4. The highest BCUT2D eigenvalue weighted by molar-refractivity contribution is 5.95. The molecule has 0 saturated heterocycles. The van der Waals surface area contributed by atoms with Crippen LogP contribution in [-0.4, -0.2) is 30.9 Å². The van der Waals surface area contributed by atoms with Crippen molar-refractivity contribution >= 4 is 29.1 Å². The Morgan fingerprint density at radius 1 is 0.846 bits per heavy atom. The van der Waals surface area contributed by atoms with Gasteiger partial charge < -0.3 is 20.7 Å². The highest BCUT2D eigenvalue weighted by atomic mass is 16.5. The molecule has 0 aliphatic rings. The molecule has 0 aliphatic heterocycles. The van der Waals surface area contributed by atoms with E-state index in [0.29, 0.717) is 17.1 Å². The fraction of sp³-hybridized carbons (Fsp3) is 0.211. The molecule has 26 heavy (non-hydrogen) atoms. The van der Waals surface area contributed by atoms with Crippen LogP contribution in [-0.2, 0) is 14.4 Å². The molecule has 136 valence electrons. The molecule has 0 aliphatic carbocycles. The zero-order valence-corrected chi connectivity index (χ0v) is 14.5. The summed E-state index contributed by atoms with van der Waals surface area (Å²) in [5.41, 5.74) is 1.22. The molecule has 2 rings (SSSR count). The van der Waals surface area contributed by atoms with Crippen molar-refractivity contribution in [3.05, 3.63) is 54.6 Å². The highest BCUT2D eigenvalue weighted by Gasteiger charge is 2.07. The van der Waals surface area contributed by atoms with Crippen molar-refractivity contribution in [3.8, 4) is 5.75 Å². The molecule has 0 saturated carbocycles. The number of ether oxygens (including phenoxy) is 1. The predicted octanol–water partition coefficient (Wildman–Crippen LogP) is 2.17. The second-order valence-corrected chi connectivity index (χ2v) is 5.49. The van der Waals surface area contributed by atoms with Crippen molar-refractivity contribution in [1.29, 1.82) is 0 Å². The average Bonchev–Trinajstić information content (AvgIpc) is 2.62. The van der Waals surface area contributed by atoms with Crippen LogP contribution in [0.25, 0.3) is 0 Å². The number of hydrogen-bond donors (Lipinski definition) is 3. The first kappa shape index (κ1) is 19.0. The van der Waals surface area contributed by atoms with Crippen molar-refractivity contribution in [1.82, 2.24) is 5.32 Å². The third kappa shape index (κ3) is 7.04. The molecule has 0 fully saturated rings. The normalized spacial score (nSPS) is 9.88. The molecule has 3 N–H and O–H groups in total. The van der Waals surface area contributed by atoms with Gasteiger partial charge >= 0.3 is 0 Å². The lowest BCUT2D eigenvalue weighted by atomic mass is 10.2. The van der Waals surface area contributed by atoms with Gasteiger partial charge in [-0.1, -0.05) is 18.2 Å². The Labute approximate surface area is 151 Å². The first-order chi connectivity index (χ1) is 12.5. The zero-order valence-electron chi connectivity index (χ0n) is 14.5. The van der Waals surface area contributed by atoms with E-state index in [4.69, 9.17) is 4.74 Å². The Morgan fingerprint density at radius 3 is 2.08 bits per heavy atom. The van der Waals surface area contributed by atoms with Gasteiger partial charge in [-0.3, -0.25) is 14.4 Å². The van der Waals surface area contributed by atoms with Crippen molar-refractivity contribution in [2.75, 3.05) is 23.8 Å². The summed E-state index contributed by atoms with van der Waals surface area (Å²) in [5.74, 6) is -0.0758. The van der Waals surface area contributed by atoms with Crippen LogP contribution in [0.15, 0.2) is 54.6 Å². The van der Waals surface area contributed by atoms with E-state index in [-0.39, 0.29) is 37.3 Å². The van der Waals surface area contributed by atoms with E-state index in [1.165, 1.54) is 6.92 Å². The number of amides is 3. The number of para-hydroxylation sites is 1. The highest BCUT2D eigenvalue weighted by Crippen LogP contribution is 2.13. The summed E-state index contributed by atoms with van der Waals surface area (Å²) in [6, 6.07) is 15.9. The lowest BCUT2D eigenvalue weighted by molar-refractivity contribution is -0.124. The van der Waals surface area contributed by atoms with Crippen molar-refractivity contribution in [3.63, 3.8) is 0 Å². The quantitative estimate of drug-likeness (QED) is 0.676. The van der Waals surface area contributed by atoms with E-state index in [0.717, 1.165) is 0 Å². The fourth-order valence-electron chi connectivity index (χ4n) is 2.09. The minimum Gasteiger partial charge on any atom is -0.493 e. The third-order valence-electron chi connectivity index (χ3n) is 3.28. The van der Waals surface area contributed by atoms with Crippen molar-refractivity contribution in [2.45, 2.75) is 13.3 Å². The summed E-state index contributed by atoms with van der Waals surface area (Å²) in [5, 5.41) is 7.84. The summed E-state index contributed by atoms with van der Waals surface area (Å²) < 4.78 is 5.43. The molecule has 0 bridgehead atoms. The summed E-state index contributed by atoms with van der Waals surface area (Å²) in [6.45, 7) is 1.53. The number of anilines is 2. The van der Waals surface area contributed by atoms with Gasteiger partial charge in [0, 0.05) is 18.3 Å². The van der Waals surface area contributed by atoms with Gasteiger partial charge in [-0.2, -0.15) is 0 Å². The second-order valence-electron chi connectivity index (χ2n) is 5.49. The van der Waals surface area contributed by atoms with Crippen LogP contribution in [0.1, 0.15) is 13.3 Å². The standard InChI is InChI=1S/C19H21N3O4/c1-14(23)21-15-7-9-16(10-8-15)22-19(25)13-20-18(24)11-12-26-17-5-3-2-4-6-17/h2-10H,11-13H2,1H3,(H,20,24)(H,21,23)(H,22,25). The van der Waals surface area contributed by atoms with Crippen LogP contribution < -0.4 is 20.7 Å². The number of rotatable bonds is 8. The van der Waals surface area contributed by atoms with Crippen LogP contribution >= 0.6 is 0 Å². The van der Waals surface area contributed by atoms with E-state index < -0.39 is 0 Å². The molecule has 7 nitrogen and oxygen atoms in total. The Morgan fingerprint density at radius 2 is 1.46 bits per heavy atom. The first-order valence-corrected chi connectivity index (χ1v) is 8.15. The number of carbonyl (C=O) groups excluding carboxylic acids is 3. The van der Waals surface area contributed by atoms with Crippen LogP contribution in [0.3, 0.4) is 0 Å². The van der Waals surface area contributed by atoms with Crippen molar-refractivity contribution < 1.29 is 19.1 Å². The van der Waals surface area contributed by atoms with Gasteiger partial charge in [0.15, 0.2) is 0 Å². The number of nitrogens with one attached hydrogen (secondary N) is 3. The van der Waals surface area contributed by atoms with Gasteiger partial charge in [0.2, 0.25) is 17.7 Å². The Balaban J connectivity index is 1.66. The summed E-state index contributed by atoms with van der Waals surface area (Å²) in [6.07, 6.45) is 0.160. The average molecular weight is 355 g/mol. The predicted molar refractivity (Wildman–Crippen MR) is 98.9 cm³/mol. The van der Waals surface area contributed by atoms with Crippen LogP contribution in [0.2, 0.25) is 0 Å². The molecule has 7 heteroatoms. The van der Waals surface area contributed by atoms with E-state index in [1.807, 2.05) is 30.3 Å². The molecule has 0 spiro atoms. The molecular weight excluding hydrogens is 334 g/mol. The lowest BCUT2D eigenvalue weighted by Gasteiger charge is -2.09. The zero-order chi connectivity index (χ0) is 18.8. The summed E-state index contributed by atoms with van der Waals surface area (Å²) in [7, 11) is 0. The summed E-state index contributed by atoms with van der Waals surface area (Å²) in [4.78, 5) is 34.5. The van der Waals surface area contributed by atoms with E-state index >= 15 is 0 Å². The molecule has 0 unspecified atom stereocenters. The topological polar surface area (TPSA) is 96.5 Å². The monoisotopic (exact) mass is 355 g/mol. The van der Waals surface area contributed by atoms with Gasteiger partial charge in [-0.15, -0.1) is 0 Å². The van der Waals surface area contributed by atoms with E-state index in [1.54, 1.807) is 24.3 Å². The maximum atomic E-state index is 11.8. The Hall–Kier alpha value is -3.35. The van der Waals surface area contributed by atoms with Crippen molar-refractivity contribution in [2.24, 2.45) is 0 Å². The lowest BCUT2D eigenvalue weighted by Crippen LogP contribution is -2.33. The van der Waals surface area contributed by atoms with Crippen LogP contribution in [0.4, 0.5) is 11.4 Å². The van der Waals surface area contributed by atoms with E-state index in [9.17, 15) is 14.4 Å². The molecule has 0 aromatic heterocycles. The third-order valence-corrected chi connectivity index (χ3v) is 3.28. The molecule has 0 radical (unpaired) electrons. The molecule has 0 heterocycles. The van der Waals surface area contributed by atoms with Gasteiger partial charge in [-0.05, 0) is 36.4 Å². The van der Waals surface area contributed by atoms with Gasteiger partial charge in [-0.25, -0.2) is 0 Å². The molecule has 2 aromatic carbocycles. The van der Waals surface area contributed by atoms with E-state index in [2.05, 4.69) is 16.0 Å². The fourth-order valence-corrected chi connectivity index (χ4v) is 2.09. The maximum Gasteiger partial charge on any atom is 0.243 e. The minimum absolute atomic E-state index is 0.127. The molecule has 2 aromatic rings. The smallest absolute Gasteiger partial charge is 0.243 e. The Kier molecular flexibility index (Phi) is 7.17. The molecule has 0 atom stereocenters. The minimum atomic E-state index is -0.338. The SMILES string of the molecule is CC(=O)Nc1ccc(NC(=O)CNC(=O)CCOc2ccccc2)cc1. The first-order valence-electron chi connectivity index (χ1n) is 8.15. The van der Waals surface area contributed by atoms with Gasteiger partial charge in [0.05, 0.1) is 19.6 Å². The second kappa shape index (κ2) is 9.83. The number of carbonyl (C=O) groups is 3. The molecule has 3 amide bonds. The largest absolute Gasteiger partial charge is 0.493 e. The maximum absolute atomic E-state index is 11.8. The number of benzene rings is 2. The van der Waals surface area contributed by atoms with Gasteiger partial charge in [0.25, 0.3) is 0 Å². The Bertz CT molecular complexity index is 745. The van der Waals surface area contributed by atoms with Crippen LogP contribution in [0, 0.1) is 0 Å². The summed E-state index contributed by atoms with van der Waals surface area (Å²) >= 11 is 0.